The molecule has 0 saturated carbocycles. The molecule has 0 unspecified atom stereocenters. The molecule has 2 aromatic carbocycles. The topological polar surface area (TPSA) is 91.8 Å². The van der Waals surface area contributed by atoms with E-state index in [9.17, 15) is 19.8 Å². The van der Waals surface area contributed by atoms with Gasteiger partial charge in [-0.05, 0) is 13.0 Å². The number of nitro benzene ring substituents is 1. The van der Waals surface area contributed by atoms with Crippen LogP contribution in [-0.2, 0) is 0 Å². The highest BCUT2D eigenvalue weighted by atomic mass is 32.1. The lowest BCUT2D eigenvalue weighted by atomic mass is 10.1. The highest BCUT2D eigenvalue weighted by molar-refractivity contribution is 7.11. The van der Waals surface area contributed by atoms with Crippen LogP contribution in [0.2, 0.25) is 0 Å². The van der Waals surface area contributed by atoms with Gasteiger partial charge in [0, 0.05) is 29.3 Å². The van der Waals surface area contributed by atoms with E-state index in [1.165, 1.54) is 17.5 Å². The van der Waals surface area contributed by atoms with E-state index in [2.05, 4.69) is 10.3 Å². The molecule has 1 heterocycles. The number of rotatable bonds is 5. The monoisotopic (exact) mass is 380 g/mol. The van der Waals surface area contributed by atoms with Crippen molar-refractivity contribution in [3.8, 4) is 17.3 Å². The number of aryl methyl sites for hydroxylation is 1. The number of hydrogen-bond acceptors (Lipinski definition) is 6. The molecule has 0 fully saturated rings. The molecule has 0 aliphatic rings. The number of aromatic nitrogens is 1. The molecule has 0 bridgehead atoms. The van der Waals surface area contributed by atoms with Crippen LogP contribution in [-0.4, -0.2) is 9.91 Å². The van der Waals surface area contributed by atoms with Gasteiger partial charge in [-0.1, -0.05) is 29.8 Å². The third-order valence-corrected chi connectivity index (χ3v) is 4.61. The number of nitrogens with zero attached hydrogens (tertiary/aromatic N) is 3. The van der Waals surface area contributed by atoms with Crippen LogP contribution >= 0.6 is 11.3 Å². The summed E-state index contributed by atoms with van der Waals surface area (Å²) in [6, 6.07) is 13.0. The zero-order chi connectivity index (χ0) is 19.4. The largest absolute Gasteiger partial charge is 0.358 e. The number of non-ortho nitro benzene ring substituents is 1. The first-order valence-electron chi connectivity index (χ1n) is 7.81. The van der Waals surface area contributed by atoms with E-state index in [-0.39, 0.29) is 16.9 Å². The maximum atomic E-state index is 13.8. The SMILES string of the molecule is Cc1ccc(-c2csc(C(C#N)=CNc3cc([N+](=O)[O-])ccc3F)n2)cc1. The van der Waals surface area contributed by atoms with Gasteiger partial charge in [0.05, 0.1) is 16.3 Å². The molecule has 8 heteroatoms. The van der Waals surface area contributed by atoms with Crippen molar-refractivity contribution in [1.29, 1.82) is 5.26 Å². The van der Waals surface area contributed by atoms with E-state index in [4.69, 9.17) is 0 Å². The molecule has 27 heavy (non-hydrogen) atoms. The van der Waals surface area contributed by atoms with E-state index in [1.807, 2.05) is 42.6 Å². The maximum absolute atomic E-state index is 13.8. The first-order valence-corrected chi connectivity index (χ1v) is 8.69. The number of hydrogen-bond donors (Lipinski definition) is 1. The zero-order valence-electron chi connectivity index (χ0n) is 14.1. The Balaban J connectivity index is 1.86. The molecule has 0 atom stereocenters. The Bertz CT molecular complexity index is 1070. The predicted molar refractivity (Wildman–Crippen MR) is 103 cm³/mol. The van der Waals surface area contributed by atoms with Crippen LogP contribution in [0.5, 0.6) is 0 Å². The molecular weight excluding hydrogens is 367 g/mol. The summed E-state index contributed by atoms with van der Waals surface area (Å²) in [5.41, 5.74) is 2.66. The number of nitro groups is 1. The number of nitrogens with one attached hydrogen (secondary N) is 1. The van der Waals surface area contributed by atoms with Crippen molar-refractivity contribution in [2.24, 2.45) is 0 Å². The number of thiazole rings is 1. The van der Waals surface area contributed by atoms with E-state index < -0.39 is 10.7 Å². The van der Waals surface area contributed by atoms with Gasteiger partial charge in [-0.2, -0.15) is 5.26 Å². The fraction of sp³-hybridized carbons (Fsp3) is 0.0526. The highest BCUT2D eigenvalue weighted by Crippen LogP contribution is 2.27. The Hall–Kier alpha value is -3.57. The summed E-state index contributed by atoms with van der Waals surface area (Å²) >= 11 is 1.28. The first kappa shape index (κ1) is 18.2. The van der Waals surface area contributed by atoms with Crippen LogP contribution in [0.4, 0.5) is 15.8 Å². The summed E-state index contributed by atoms with van der Waals surface area (Å²) in [6.45, 7) is 1.99. The van der Waals surface area contributed by atoms with Gasteiger partial charge in [-0.25, -0.2) is 9.37 Å². The molecule has 134 valence electrons. The van der Waals surface area contributed by atoms with Crippen LogP contribution in [0.3, 0.4) is 0 Å². The Morgan fingerprint density at radius 1 is 1.33 bits per heavy atom. The fourth-order valence-corrected chi connectivity index (χ4v) is 3.08. The Morgan fingerprint density at radius 3 is 2.74 bits per heavy atom. The summed E-state index contributed by atoms with van der Waals surface area (Å²) in [6.07, 6.45) is 1.29. The minimum absolute atomic E-state index is 0.0905. The molecule has 3 aromatic rings. The quantitative estimate of drug-likeness (QED) is 0.376. The standard InChI is InChI=1S/C19H13FN4O2S/c1-12-2-4-13(5-3-12)18-11-27-19(23-18)14(9-21)10-22-17-8-15(24(25)26)6-7-16(17)20/h2-8,10-11,22H,1H3. The van der Waals surface area contributed by atoms with E-state index >= 15 is 0 Å². The second-order valence-corrected chi connectivity index (χ2v) is 6.50. The van der Waals surface area contributed by atoms with Crippen molar-refractivity contribution < 1.29 is 9.31 Å². The smallest absolute Gasteiger partial charge is 0.271 e. The lowest BCUT2D eigenvalue weighted by Gasteiger charge is -2.03. The molecule has 0 saturated heterocycles. The van der Waals surface area contributed by atoms with E-state index in [0.717, 1.165) is 35.0 Å². The van der Waals surface area contributed by atoms with Crippen molar-refractivity contribution in [1.82, 2.24) is 4.98 Å². The van der Waals surface area contributed by atoms with Crippen LogP contribution in [0.1, 0.15) is 10.6 Å². The molecule has 0 aliphatic carbocycles. The van der Waals surface area contributed by atoms with Gasteiger partial charge >= 0.3 is 0 Å². The van der Waals surface area contributed by atoms with Crippen molar-refractivity contribution in [2.45, 2.75) is 6.92 Å². The molecular formula is C19H13FN4O2S. The maximum Gasteiger partial charge on any atom is 0.271 e. The van der Waals surface area contributed by atoms with Crippen LogP contribution in [0, 0.1) is 34.2 Å². The number of benzene rings is 2. The second kappa shape index (κ2) is 7.76. The van der Waals surface area contributed by atoms with E-state index in [1.54, 1.807) is 0 Å². The molecule has 1 N–H and O–H groups in total. The van der Waals surface area contributed by atoms with Crippen molar-refractivity contribution in [3.05, 3.63) is 80.5 Å². The number of anilines is 1. The molecule has 0 aliphatic heterocycles. The Kier molecular flexibility index (Phi) is 5.24. The lowest BCUT2D eigenvalue weighted by molar-refractivity contribution is -0.384. The summed E-state index contributed by atoms with van der Waals surface area (Å²) in [4.78, 5) is 14.6. The molecule has 0 spiro atoms. The summed E-state index contributed by atoms with van der Waals surface area (Å²) in [5, 5.41) is 25.1. The highest BCUT2D eigenvalue weighted by Gasteiger charge is 2.12. The van der Waals surface area contributed by atoms with Gasteiger partial charge in [0.2, 0.25) is 0 Å². The molecule has 0 radical (unpaired) electrons. The number of nitriles is 1. The molecule has 1 aromatic heterocycles. The molecule has 6 nitrogen and oxygen atoms in total. The zero-order valence-corrected chi connectivity index (χ0v) is 15.0. The summed E-state index contributed by atoms with van der Waals surface area (Å²) in [7, 11) is 0. The summed E-state index contributed by atoms with van der Waals surface area (Å²) in [5.74, 6) is -0.659. The lowest BCUT2D eigenvalue weighted by Crippen LogP contribution is -1.96. The van der Waals surface area contributed by atoms with Crippen molar-refractivity contribution in [3.63, 3.8) is 0 Å². The van der Waals surface area contributed by atoms with Gasteiger partial charge in [0.25, 0.3) is 5.69 Å². The van der Waals surface area contributed by atoms with Gasteiger partial charge < -0.3 is 5.32 Å². The van der Waals surface area contributed by atoms with Crippen molar-refractivity contribution >= 4 is 28.3 Å². The van der Waals surface area contributed by atoms with Crippen LogP contribution < -0.4 is 5.32 Å². The Labute approximate surface area is 158 Å². The van der Waals surface area contributed by atoms with Gasteiger partial charge in [-0.15, -0.1) is 11.3 Å². The third-order valence-electron chi connectivity index (χ3n) is 3.74. The predicted octanol–water partition coefficient (Wildman–Crippen LogP) is 5.14. The molecule has 3 rings (SSSR count). The number of allylic oxidation sites excluding steroid dienone is 1. The minimum atomic E-state index is -0.659. The number of halogens is 1. The van der Waals surface area contributed by atoms with Gasteiger partial charge in [0.1, 0.15) is 22.5 Å². The second-order valence-electron chi connectivity index (χ2n) is 5.64. The van der Waals surface area contributed by atoms with E-state index in [0.29, 0.717) is 5.01 Å². The third kappa shape index (κ3) is 4.16. The fourth-order valence-electron chi connectivity index (χ4n) is 2.28. The van der Waals surface area contributed by atoms with Crippen LogP contribution in [0.25, 0.3) is 16.8 Å². The normalized spacial score (nSPS) is 11.1. The van der Waals surface area contributed by atoms with Crippen LogP contribution in [0.15, 0.2) is 54.0 Å². The van der Waals surface area contributed by atoms with Gasteiger partial charge in [0.15, 0.2) is 0 Å². The van der Waals surface area contributed by atoms with Crippen molar-refractivity contribution in [2.75, 3.05) is 5.32 Å². The average molecular weight is 380 g/mol. The minimum Gasteiger partial charge on any atom is -0.358 e. The first-order chi connectivity index (χ1) is 13.0. The average Bonchev–Trinajstić information content (AvgIpc) is 3.14. The summed E-state index contributed by atoms with van der Waals surface area (Å²) < 4.78 is 13.8. The Morgan fingerprint density at radius 2 is 2.07 bits per heavy atom. The van der Waals surface area contributed by atoms with Gasteiger partial charge in [-0.3, -0.25) is 10.1 Å². The molecule has 0 amide bonds.